The Morgan fingerprint density at radius 3 is 2.28 bits per heavy atom. The predicted octanol–water partition coefficient (Wildman–Crippen LogP) is 4.83. The molecule has 0 fully saturated rings. The maximum absolute atomic E-state index is 3.95. The summed E-state index contributed by atoms with van der Waals surface area (Å²) in [7, 11) is 4.13. The van der Waals surface area contributed by atoms with Gasteiger partial charge in [0.25, 0.3) is 0 Å². The molecule has 1 radical (unpaired) electrons. The Morgan fingerprint density at radius 1 is 1.11 bits per heavy atom. The topological polar surface area (TPSA) is 3.24 Å². The van der Waals surface area contributed by atoms with E-state index in [0.717, 1.165) is 6.42 Å². The molecule has 0 amide bonds. The van der Waals surface area contributed by atoms with E-state index in [1.807, 2.05) is 6.08 Å². The minimum absolute atomic E-state index is 1.14. The van der Waals surface area contributed by atoms with Crippen LogP contribution in [0.15, 0.2) is 36.9 Å². The van der Waals surface area contributed by atoms with E-state index >= 15 is 0 Å². The molecule has 1 aromatic rings. The summed E-state index contributed by atoms with van der Waals surface area (Å²) >= 11 is 0. The molecule has 1 aromatic carbocycles. The predicted molar refractivity (Wildman–Crippen MR) is 82.1 cm³/mol. The van der Waals surface area contributed by atoms with Crippen molar-refractivity contribution in [3.8, 4) is 0 Å². The quantitative estimate of drug-likeness (QED) is 0.592. The summed E-state index contributed by atoms with van der Waals surface area (Å²) < 4.78 is 0. The molecule has 18 heavy (non-hydrogen) atoms. The fraction of sp³-hybridized carbons (Fsp3) is 0.471. The highest BCUT2D eigenvalue weighted by molar-refractivity contribution is 5.49. The monoisotopic (exact) mass is 244 g/mol. The lowest BCUT2D eigenvalue weighted by Crippen LogP contribution is -2.08. The molecule has 0 bridgehead atoms. The Bertz CT molecular complexity index is 337. The van der Waals surface area contributed by atoms with Crippen molar-refractivity contribution in [1.29, 1.82) is 0 Å². The third-order valence-electron chi connectivity index (χ3n) is 3.30. The van der Waals surface area contributed by atoms with Crippen LogP contribution in [0, 0.1) is 5.92 Å². The third kappa shape index (κ3) is 4.56. The lowest BCUT2D eigenvalue weighted by atomic mass is 9.93. The number of unbranched alkanes of at least 4 members (excludes halogenated alkanes) is 3. The van der Waals surface area contributed by atoms with Gasteiger partial charge in [-0.3, -0.25) is 0 Å². The van der Waals surface area contributed by atoms with Gasteiger partial charge in [0.15, 0.2) is 0 Å². The highest BCUT2D eigenvalue weighted by Gasteiger charge is 2.08. The first-order valence-electron chi connectivity index (χ1n) is 6.95. The molecule has 0 aromatic heterocycles. The summed E-state index contributed by atoms with van der Waals surface area (Å²) in [5.74, 6) is 1.37. The molecule has 0 aliphatic rings. The van der Waals surface area contributed by atoms with Crippen LogP contribution >= 0.6 is 0 Å². The molecule has 99 valence electrons. The first-order valence-corrected chi connectivity index (χ1v) is 6.95. The molecule has 1 heteroatoms. The van der Waals surface area contributed by atoms with Crippen molar-refractivity contribution in [3.63, 3.8) is 0 Å². The van der Waals surface area contributed by atoms with Gasteiger partial charge in [-0.15, -0.1) is 6.58 Å². The van der Waals surface area contributed by atoms with E-state index in [0.29, 0.717) is 0 Å². The fourth-order valence-electron chi connectivity index (χ4n) is 2.08. The van der Waals surface area contributed by atoms with E-state index in [4.69, 9.17) is 0 Å². The van der Waals surface area contributed by atoms with Crippen LogP contribution in [-0.4, -0.2) is 14.1 Å². The molecule has 0 spiro atoms. The lowest BCUT2D eigenvalue weighted by Gasteiger charge is -2.16. The number of rotatable bonds is 8. The van der Waals surface area contributed by atoms with Gasteiger partial charge in [-0.05, 0) is 24.1 Å². The second-order valence-electron chi connectivity index (χ2n) is 4.98. The zero-order valence-electron chi connectivity index (χ0n) is 12.1. The molecule has 1 nitrogen and oxygen atoms in total. The second-order valence-corrected chi connectivity index (χ2v) is 4.98. The normalized spacial score (nSPS) is 10.7. The number of benzene rings is 1. The van der Waals surface area contributed by atoms with Crippen molar-refractivity contribution in [1.82, 2.24) is 0 Å². The smallest absolute Gasteiger partial charge is 0.0361 e. The number of hydrogen-bond donors (Lipinski definition) is 0. The Kier molecular flexibility index (Phi) is 6.56. The van der Waals surface area contributed by atoms with Gasteiger partial charge in [0.1, 0.15) is 0 Å². The Balaban J connectivity index is 2.56. The van der Waals surface area contributed by atoms with Crippen LogP contribution in [0.25, 0.3) is 0 Å². The molecule has 0 aliphatic carbocycles. The van der Waals surface area contributed by atoms with Crippen LogP contribution in [0.5, 0.6) is 0 Å². The zero-order valence-corrected chi connectivity index (χ0v) is 12.1. The molecular weight excluding hydrogens is 218 g/mol. The SMILES string of the molecule is C=C[C](CCCCCC)c1ccc(N(C)C)cc1. The van der Waals surface area contributed by atoms with Crippen LogP contribution in [0.1, 0.15) is 44.6 Å². The molecule has 0 saturated heterocycles. The first-order chi connectivity index (χ1) is 8.69. The molecular formula is C17H26N. The standard InChI is InChI=1S/C17H26N/c1-5-7-8-9-10-15(6-2)16-11-13-17(14-12-16)18(3)4/h6,11-14H,2,5,7-10H2,1,3-4H3. The number of nitrogens with zero attached hydrogens (tertiary/aromatic N) is 1. The molecule has 0 atom stereocenters. The van der Waals surface area contributed by atoms with Crippen molar-refractivity contribution in [2.24, 2.45) is 0 Å². The minimum Gasteiger partial charge on any atom is -0.378 e. The molecule has 1 rings (SSSR count). The average molecular weight is 244 g/mol. The van der Waals surface area contributed by atoms with Crippen molar-refractivity contribution in [2.75, 3.05) is 19.0 Å². The van der Waals surface area contributed by atoms with Gasteiger partial charge in [-0.1, -0.05) is 50.8 Å². The van der Waals surface area contributed by atoms with E-state index in [1.165, 1.54) is 42.9 Å². The van der Waals surface area contributed by atoms with Crippen LogP contribution in [-0.2, 0) is 0 Å². The summed E-state index contributed by atoms with van der Waals surface area (Å²) in [6.45, 7) is 6.19. The maximum atomic E-state index is 3.95. The summed E-state index contributed by atoms with van der Waals surface area (Å²) in [6.07, 6.45) is 8.38. The van der Waals surface area contributed by atoms with E-state index in [1.54, 1.807) is 0 Å². The van der Waals surface area contributed by atoms with Gasteiger partial charge in [-0.2, -0.15) is 0 Å². The zero-order chi connectivity index (χ0) is 13.4. The number of allylic oxidation sites excluding steroid dienone is 1. The first kappa shape index (κ1) is 14.8. The van der Waals surface area contributed by atoms with Crippen LogP contribution in [0.3, 0.4) is 0 Å². The van der Waals surface area contributed by atoms with E-state index in [-0.39, 0.29) is 0 Å². The summed E-state index contributed by atoms with van der Waals surface area (Å²) in [5, 5.41) is 0. The van der Waals surface area contributed by atoms with Gasteiger partial charge in [0, 0.05) is 25.7 Å². The number of anilines is 1. The van der Waals surface area contributed by atoms with Gasteiger partial charge in [0.05, 0.1) is 0 Å². The van der Waals surface area contributed by atoms with Gasteiger partial charge in [0.2, 0.25) is 0 Å². The summed E-state index contributed by atoms with van der Waals surface area (Å²) in [5.41, 5.74) is 2.56. The van der Waals surface area contributed by atoms with Crippen LogP contribution in [0.2, 0.25) is 0 Å². The Hall–Kier alpha value is -1.24. The Labute approximate surface area is 113 Å². The Morgan fingerprint density at radius 2 is 1.78 bits per heavy atom. The van der Waals surface area contributed by atoms with E-state index in [2.05, 4.69) is 56.8 Å². The molecule has 0 aliphatic heterocycles. The molecule has 0 unspecified atom stereocenters. The fourth-order valence-corrected chi connectivity index (χ4v) is 2.08. The second kappa shape index (κ2) is 7.97. The van der Waals surface area contributed by atoms with Crippen molar-refractivity contribution in [2.45, 2.75) is 39.0 Å². The highest BCUT2D eigenvalue weighted by atomic mass is 15.1. The number of hydrogen-bond acceptors (Lipinski definition) is 1. The minimum atomic E-state index is 1.14. The van der Waals surface area contributed by atoms with Crippen molar-refractivity contribution >= 4 is 5.69 Å². The van der Waals surface area contributed by atoms with Crippen molar-refractivity contribution < 1.29 is 0 Å². The van der Waals surface area contributed by atoms with Crippen molar-refractivity contribution in [3.05, 3.63) is 48.4 Å². The maximum Gasteiger partial charge on any atom is 0.0361 e. The largest absolute Gasteiger partial charge is 0.378 e. The molecule has 0 N–H and O–H groups in total. The van der Waals surface area contributed by atoms with E-state index < -0.39 is 0 Å². The van der Waals surface area contributed by atoms with Crippen LogP contribution in [0.4, 0.5) is 5.69 Å². The third-order valence-corrected chi connectivity index (χ3v) is 3.30. The summed E-state index contributed by atoms with van der Waals surface area (Å²) in [4.78, 5) is 2.12. The van der Waals surface area contributed by atoms with Crippen LogP contribution < -0.4 is 4.90 Å². The average Bonchev–Trinajstić information content (AvgIpc) is 2.39. The van der Waals surface area contributed by atoms with Gasteiger partial charge in [-0.25, -0.2) is 0 Å². The van der Waals surface area contributed by atoms with Gasteiger partial charge >= 0.3 is 0 Å². The molecule has 0 heterocycles. The summed E-state index contributed by atoms with van der Waals surface area (Å²) in [6, 6.07) is 8.74. The van der Waals surface area contributed by atoms with Gasteiger partial charge < -0.3 is 4.90 Å². The molecule has 0 saturated carbocycles. The lowest BCUT2D eigenvalue weighted by molar-refractivity contribution is 0.654. The van der Waals surface area contributed by atoms with E-state index in [9.17, 15) is 0 Å². The highest BCUT2D eigenvalue weighted by Crippen LogP contribution is 2.24.